The monoisotopic (exact) mass is 281 g/mol. The summed E-state index contributed by atoms with van der Waals surface area (Å²) in [6.45, 7) is 6.07. The van der Waals surface area contributed by atoms with Gasteiger partial charge in [0.15, 0.2) is 0 Å². The number of fused-ring (bicyclic) bond motifs is 2. The summed E-state index contributed by atoms with van der Waals surface area (Å²) in [7, 11) is 0. The molecule has 19 heavy (non-hydrogen) atoms. The zero-order valence-electron chi connectivity index (χ0n) is 11.3. The Hall–Kier alpha value is -0.810. The van der Waals surface area contributed by atoms with Crippen LogP contribution >= 0.6 is 0 Å². The van der Waals surface area contributed by atoms with E-state index in [2.05, 4.69) is 19.2 Å². The Labute approximate surface area is 109 Å². The van der Waals surface area contributed by atoms with Crippen LogP contribution in [-0.2, 0) is 4.79 Å². The van der Waals surface area contributed by atoms with Gasteiger partial charge in [0.25, 0.3) is 5.91 Å². The van der Waals surface area contributed by atoms with Crippen molar-refractivity contribution in [3.05, 3.63) is 0 Å². The molecule has 0 aliphatic heterocycles. The molecule has 1 N–H and O–H groups in total. The molecule has 2 aliphatic rings. The molecule has 0 aromatic heterocycles. The molecule has 0 heterocycles. The highest BCUT2D eigenvalue weighted by Gasteiger charge is 2.62. The molecular formula is C13H19F4NO. The number of halogens is 4. The molecule has 2 aliphatic carbocycles. The molecule has 0 spiro atoms. The number of hydrogen-bond acceptors (Lipinski definition) is 1. The maximum Gasteiger partial charge on any atom is 0.383 e. The van der Waals surface area contributed by atoms with Crippen molar-refractivity contribution < 1.29 is 22.4 Å². The predicted molar refractivity (Wildman–Crippen MR) is 62.1 cm³/mol. The lowest BCUT2D eigenvalue weighted by Crippen LogP contribution is -2.53. The van der Waals surface area contributed by atoms with Gasteiger partial charge in [-0.2, -0.15) is 8.78 Å². The highest BCUT2D eigenvalue weighted by atomic mass is 19.3. The molecule has 0 aromatic rings. The minimum atomic E-state index is -4.61. The van der Waals surface area contributed by atoms with Gasteiger partial charge in [0.2, 0.25) is 0 Å². The van der Waals surface area contributed by atoms with Crippen molar-refractivity contribution in [2.75, 3.05) is 0 Å². The van der Waals surface area contributed by atoms with Gasteiger partial charge >= 0.3 is 12.3 Å². The van der Waals surface area contributed by atoms with Crippen LogP contribution in [0.1, 0.15) is 40.0 Å². The molecule has 110 valence electrons. The average molecular weight is 281 g/mol. The Kier molecular flexibility index (Phi) is 3.14. The van der Waals surface area contributed by atoms with Crippen LogP contribution < -0.4 is 5.32 Å². The average Bonchev–Trinajstić information content (AvgIpc) is 2.61. The van der Waals surface area contributed by atoms with E-state index in [1.807, 2.05) is 6.92 Å². The normalized spacial score (nSPS) is 36.8. The fourth-order valence-electron chi connectivity index (χ4n) is 3.78. The van der Waals surface area contributed by atoms with Crippen LogP contribution in [0, 0.1) is 16.7 Å². The van der Waals surface area contributed by atoms with Crippen molar-refractivity contribution in [2.24, 2.45) is 16.7 Å². The SMILES string of the molecule is CC1(C)C2CCC1(C)C(NC(=O)C(F)(F)C(F)F)C2. The summed E-state index contributed by atoms with van der Waals surface area (Å²) in [6, 6.07) is -0.446. The lowest BCUT2D eigenvalue weighted by atomic mass is 9.69. The number of alkyl halides is 4. The van der Waals surface area contributed by atoms with Gasteiger partial charge in [0.1, 0.15) is 0 Å². The van der Waals surface area contributed by atoms with Crippen molar-refractivity contribution in [3.8, 4) is 0 Å². The first kappa shape index (κ1) is 14.6. The number of amides is 1. The molecule has 2 nitrogen and oxygen atoms in total. The fraction of sp³-hybridized carbons (Fsp3) is 0.923. The summed E-state index contributed by atoms with van der Waals surface area (Å²) in [4.78, 5) is 11.4. The van der Waals surface area contributed by atoms with E-state index in [9.17, 15) is 22.4 Å². The maximum absolute atomic E-state index is 13.0. The number of hydrogen-bond donors (Lipinski definition) is 1. The van der Waals surface area contributed by atoms with Crippen molar-refractivity contribution in [2.45, 2.75) is 58.4 Å². The first-order valence-electron chi connectivity index (χ1n) is 6.50. The van der Waals surface area contributed by atoms with Crippen LogP contribution in [0.3, 0.4) is 0 Å². The van der Waals surface area contributed by atoms with E-state index in [1.165, 1.54) is 0 Å². The fourth-order valence-corrected chi connectivity index (χ4v) is 3.78. The second kappa shape index (κ2) is 4.09. The van der Waals surface area contributed by atoms with Gasteiger partial charge in [-0.15, -0.1) is 0 Å². The molecule has 6 heteroatoms. The molecule has 0 radical (unpaired) electrons. The van der Waals surface area contributed by atoms with Crippen molar-refractivity contribution in [1.29, 1.82) is 0 Å². The molecule has 0 saturated heterocycles. The summed E-state index contributed by atoms with van der Waals surface area (Å²) in [6.07, 6.45) is -1.54. The summed E-state index contributed by atoms with van der Waals surface area (Å²) in [5.74, 6) is -6.11. The Morgan fingerprint density at radius 2 is 1.89 bits per heavy atom. The summed E-state index contributed by atoms with van der Waals surface area (Å²) >= 11 is 0. The van der Waals surface area contributed by atoms with Gasteiger partial charge in [-0.1, -0.05) is 20.8 Å². The van der Waals surface area contributed by atoms with E-state index in [-0.39, 0.29) is 10.8 Å². The van der Waals surface area contributed by atoms with Gasteiger partial charge in [-0.05, 0) is 36.0 Å². The molecule has 3 unspecified atom stereocenters. The third-order valence-electron chi connectivity index (χ3n) is 5.68. The Bertz CT molecular complexity index is 396. The van der Waals surface area contributed by atoms with Crippen LogP contribution in [-0.4, -0.2) is 24.3 Å². The molecule has 2 saturated carbocycles. The number of nitrogens with one attached hydrogen (secondary N) is 1. The largest absolute Gasteiger partial charge is 0.383 e. The summed E-state index contributed by atoms with van der Waals surface area (Å²) in [5.41, 5.74) is -0.364. The van der Waals surface area contributed by atoms with E-state index >= 15 is 0 Å². The molecule has 2 fully saturated rings. The van der Waals surface area contributed by atoms with E-state index in [1.54, 1.807) is 0 Å². The Morgan fingerprint density at radius 1 is 1.32 bits per heavy atom. The van der Waals surface area contributed by atoms with Gasteiger partial charge in [0, 0.05) is 6.04 Å². The third kappa shape index (κ3) is 1.86. The molecule has 1 amide bonds. The third-order valence-corrected chi connectivity index (χ3v) is 5.68. The van der Waals surface area contributed by atoms with Gasteiger partial charge in [0.05, 0.1) is 0 Å². The first-order valence-corrected chi connectivity index (χ1v) is 6.50. The van der Waals surface area contributed by atoms with E-state index in [0.717, 1.165) is 12.8 Å². The first-order chi connectivity index (χ1) is 8.53. The zero-order valence-corrected chi connectivity index (χ0v) is 11.3. The molecular weight excluding hydrogens is 262 g/mol. The standard InChI is InChI=1S/C13H19F4NO/c1-11(2)7-4-5-12(11,3)8(6-7)18-10(19)13(16,17)9(14)15/h7-9H,4-6H2,1-3H3,(H,18,19). The van der Waals surface area contributed by atoms with Gasteiger partial charge in [-0.3, -0.25) is 4.79 Å². The lowest BCUT2D eigenvalue weighted by molar-refractivity contribution is -0.171. The molecule has 3 atom stereocenters. The highest BCUT2D eigenvalue weighted by Crippen LogP contribution is 2.65. The lowest BCUT2D eigenvalue weighted by Gasteiger charge is -2.39. The van der Waals surface area contributed by atoms with Crippen LogP contribution in [0.15, 0.2) is 0 Å². The van der Waals surface area contributed by atoms with Crippen molar-refractivity contribution in [1.82, 2.24) is 5.32 Å². The molecule has 2 rings (SSSR count). The second-order valence-corrected chi connectivity index (χ2v) is 6.56. The quantitative estimate of drug-likeness (QED) is 0.791. The van der Waals surface area contributed by atoms with E-state index in [0.29, 0.717) is 12.3 Å². The zero-order chi connectivity index (χ0) is 14.6. The summed E-state index contributed by atoms with van der Waals surface area (Å²) < 4.78 is 50.3. The van der Waals surface area contributed by atoms with Gasteiger partial charge in [-0.25, -0.2) is 8.78 Å². The maximum atomic E-state index is 13.0. The van der Waals surface area contributed by atoms with E-state index in [4.69, 9.17) is 0 Å². The second-order valence-electron chi connectivity index (χ2n) is 6.56. The van der Waals surface area contributed by atoms with E-state index < -0.39 is 24.3 Å². The van der Waals surface area contributed by atoms with Crippen LogP contribution in [0.25, 0.3) is 0 Å². The van der Waals surface area contributed by atoms with Crippen LogP contribution in [0.5, 0.6) is 0 Å². The summed E-state index contributed by atoms with van der Waals surface area (Å²) in [5, 5.41) is 2.16. The van der Waals surface area contributed by atoms with Gasteiger partial charge < -0.3 is 5.32 Å². The molecule has 0 aromatic carbocycles. The highest BCUT2D eigenvalue weighted by molar-refractivity contribution is 5.84. The van der Waals surface area contributed by atoms with Crippen molar-refractivity contribution >= 4 is 5.91 Å². The number of carbonyl (C=O) groups is 1. The molecule has 2 bridgehead atoms. The smallest absolute Gasteiger partial charge is 0.347 e. The Morgan fingerprint density at radius 3 is 2.26 bits per heavy atom. The predicted octanol–water partition coefficient (Wildman–Crippen LogP) is 3.22. The minimum absolute atomic E-state index is 0.0644. The topological polar surface area (TPSA) is 29.1 Å². The van der Waals surface area contributed by atoms with Crippen LogP contribution in [0.4, 0.5) is 17.6 Å². The number of rotatable bonds is 3. The van der Waals surface area contributed by atoms with Crippen LogP contribution in [0.2, 0.25) is 0 Å². The minimum Gasteiger partial charge on any atom is -0.347 e. The number of carbonyl (C=O) groups excluding carboxylic acids is 1. The van der Waals surface area contributed by atoms with Crippen molar-refractivity contribution in [3.63, 3.8) is 0 Å². The Balaban J connectivity index is 2.13.